The number of carbonyl (C=O) groups is 1. The maximum atomic E-state index is 11.1. The number of carbonyl (C=O) groups excluding carboxylic acids is 1. The van der Waals surface area contributed by atoms with Crippen molar-refractivity contribution in [3.8, 4) is 0 Å². The van der Waals surface area contributed by atoms with Gasteiger partial charge in [-0.1, -0.05) is 0 Å². The average Bonchev–Trinajstić information content (AvgIpc) is 2.45. The molecule has 0 spiro atoms. The van der Waals surface area contributed by atoms with Gasteiger partial charge >= 0.3 is 0 Å². The van der Waals surface area contributed by atoms with Gasteiger partial charge in [0.1, 0.15) is 5.78 Å². The van der Waals surface area contributed by atoms with E-state index in [9.17, 15) is 4.79 Å². The normalized spacial score (nSPS) is 43.0. The lowest BCUT2D eigenvalue weighted by Crippen LogP contribution is -2.14. The second-order valence-corrected chi connectivity index (χ2v) is 5.22. The Hall–Kier alpha value is 0.450. The minimum atomic E-state index is 0.503. The fourth-order valence-corrected chi connectivity index (χ4v) is 4.51. The lowest BCUT2D eigenvalue weighted by molar-refractivity contribution is -0.117. The molecule has 3 heteroatoms. The third-order valence-electron chi connectivity index (χ3n) is 2.79. The molecule has 0 aromatic heterocycles. The van der Waals surface area contributed by atoms with Crippen LogP contribution in [-0.2, 0) is 4.79 Å². The van der Waals surface area contributed by atoms with Gasteiger partial charge in [-0.3, -0.25) is 4.79 Å². The van der Waals surface area contributed by atoms with E-state index in [0.29, 0.717) is 5.78 Å². The quantitative estimate of drug-likeness (QED) is 0.581. The number of hydrogen-bond acceptors (Lipinski definition) is 2. The highest BCUT2D eigenvalue weighted by Gasteiger charge is 2.42. The van der Waals surface area contributed by atoms with Gasteiger partial charge in [0.25, 0.3) is 0 Å². The monoisotopic (exact) mass is 188 g/mol. The molecule has 0 aromatic carbocycles. The van der Waals surface area contributed by atoms with E-state index in [1.807, 2.05) is 0 Å². The van der Waals surface area contributed by atoms with Crippen molar-refractivity contribution in [3.05, 3.63) is 0 Å². The Morgan fingerprint density at radius 2 is 2.36 bits per heavy atom. The van der Waals surface area contributed by atoms with Crippen molar-refractivity contribution in [2.24, 2.45) is 11.8 Å². The number of fused-ring (bicyclic) bond motifs is 1. The number of ketones is 1. The van der Waals surface area contributed by atoms with Crippen LogP contribution in [0.3, 0.4) is 0 Å². The highest BCUT2D eigenvalue weighted by Crippen LogP contribution is 2.46. The fraction of sp³-hybridized carbons (Fsp3) is 0.875. The first-order valence-corrected chi connectivity index (χ1v) is 6.01. The summed E-state index contributed by atoms with van der Waals surface area (Å²) in [6.45, 7) is 0. The van der Waals surface area contributed by atoms with Crippen LogP contribution >= 0.6 is 21.0 Å². The zero-order valence-electron chi connectivity index (χ0n) is 6.45. The molecule has 1 heterocycles. The van der Waals surface area contributed by atoms with Crippen molar-refractivity contribution >= 4 is 26.8 Å². The summed E-state index contributed by atoms with van der Waals surface area (Å²) in [6.07, 6.45) is 2.91. The van der Waals surface area contributed by atoms with Crippen molar-refractivity contribution in [2.75, 3.05) is 11.9 Å². The summed E-state index contributed by atoms with van der Waals surface area (Å²) >= 11 is 2.06. The molecule has 2 fully saturated rings. The largest absolute Gasteiger partial charge is 0.300 e. The van der Waals surface area contributed by atoms with Gasteiger partial charge in [-0.25, -0.2) is 0 Å². The van der Waals surface area contributed by atoms with E-state index in [1.54, 1.807) is 0 Å². The predicted molar refractivity (Wildman–Crippen MR) is 52.0 cm³/mol. The van der Waals surface area contributed by atoms with E-state index in [2.05, 4.69) is 21.0 Å². The summed E-state index contributed by atoms with van der Waals surface area (Å²) in [5.74, 6) is 3.20. The molecule has 2 rings (SSSR count). The molecule has 2 aliphatic rings. The fourth-order valence-electron chi connectivity index (χ4n) is 2.19. The Morgan fingerprint density at radius 3 is 3.09 bits per heavy atom. The molecule has 0 aromatic rings. The second-order valence-electron chi connectivity index (χ2n) is 3.48. The second kappa shape index (κ2) is 3.06. The molecular formula is C8H13OPS. The van der Waals surface area contributed by atoms with E-state index in [-0.39, 0.29) is 0 Å². The third kappa shape index (κ3) is 1.36. The summed E-state index contributed by atoms with van der Waals surface area (Å²) in [5, 5.41) is 0.761. The minimum Gasteiger partial charge on any atom is -0.300 e. The van der Waals surface area contributed by atoms with E-state index >= 15 is 0 Å². The molecule has 62 valence electrons. The number of thioether (sulfide) groups is 1. The molecule has 1 saturated heterocycles. The summed E-state index contributed by atoms with van der Waals surface area (Å²) < 4.78 is 0. The van der Waals surface area contributed by atoms with Crippen LogP contribution in [0.5, 0.6) is 0 Å². The van der Waals surface area contributed by atoms with Gasteiger partial charge in [0.15, 0.2) is 0 Å². The van der Waals surface area contributed by atoms with Crippen LogP contribution in [0.15, 0.2) is 0 Å². The highest BCUT2D eigenvalue weighted by molar-refractivity contribution is 8.00. The first-order chi connectivity index (χ1) is 5.31. The van der Waals surface area contributed by atoms with Crippen LogP contribution in [0.4, 0.5) is 0 Å². The van der Waals surface area contributed by atoms with E-state index in [1.165, 1.54) is 11.9 Å². The topological polar surface area (TPSA) is 17.1 Å². The van der Waals surface area contributed by atoms with Crippen LogP contribution in [-0.4, -0.2) is 22.9 Å². The summed E-state index contributed by atoms with van der Waals surface area (Å²) in [7, 11) is 2.80. The standard InChI is InChI=1S/C8H13OPS/c9-6-1-5-4-11-8(3-10)7(5)2-6/h5,7-8H,1-4,10H2/t5-,7-,8?/m1/s1. The van der Waals surface area contributed by atoms with Crippen LogP contribution in [0, 0.1) is 11.8 Å². The number of hydrogen-bond donors (Lipinski definition) is 0. The Morgan fingerprint density at radius 1 is 1.55 bits per heavy atom. The van der Waals surface area contributed by atoms with Crippen LogP contribution in [0.1, 0.15) is 12.8 Å². The Kier molecular flexibility index (Phi) is 2.25. The predicted octanol–water partition coefficient (Wildman–Crippen LogP) is 1.57. The lowest BCUT2D eigenvalue weighted by atomic mass is 9.96. The maximum Gasteiger partial charge on any atom is 0.133 e. The van der Waals surface area contributed by atoms with Gasteiger partial charge in [0.05, 0.1) is 0 Å². The molecule has 0 radical (unpaired) electrons. The van der Waals surface area contributed by atoms with Gasteiger partial charge in [-0.05, 0) is 23.8 Å². The van der Waals surface area contributed by atoms with Gasteiger partial charge in [0.2, 0.25) is 0 Å². The van der Waals surface area contributed by atoms with Crippen LogP contribution < -0.4 is 0 Å². The smallest absolute Gasteiger partial charge is 0.133 e. The van der Waals surface area contributed by atoms with Crippen LogP contribution in [0.2, 0.25) is 0 Å². The molecule has 4 atom stereocenters. The molecule has 0 bridgehead atoms. The van der Waals surface area contributed by atoms with Gasteiger partial charge < -0.3 is 0 Å². The van der Waals surface area contributed by atoms with E-state index < -0.39 is 0 Å². The zero-order valence-corrected chi connectivity index (χ0v) is 8.43. The van der Waals surface area contributed by atoms with Gasteiger partial charge in [-0.15, -0.1) is 9.24 Å². The van der Waals surface area contributed by atoms with E-state index in [4.69, 9.17) is 0 Å². The van der Waals surface area contributed by atoms with Gasteiger partial charge in [-0.2, -0.15) is 11.8 Å². The molecule has 1 aliphatic carbocycles. The molecule has 0 N–H and O–H groups in total. The van der Waals surface area contributed by atoms with Crippen molar-refractivity contribution in [2.45, 2.75) is 18.1 Å². The van der Waals surface area contributed by atoms with E-state index in [0.717, 1.165) is 29.9 Å². The van der Waals surface area contributed by atoms with Crippen LogP contribution in [0.25, 0.3) is 0 Å². The zero-order chi connectivity index (χ0) is 7.84. The summed E-state index contributed by atoms with van der Waals surface area (Å²) in [5.41, 5.74) is 0. The van der Waals surface area contributed by atoms with Crippen molar-refractivity contribution in [3.63, 3.8) is 0 Å². The molecule has 1 saturated carbocycles. The summed E-state index contributed by atoms with van der Waals surface area (Å²) in [6, 6.07) is 0. The summed E-state index contributed by atoms with van der Waals surface area (Å²) in [4.78, 5) is 11.1. The maximum absolute atomic E-state index is 11.1. The number of rotatable bonds is 1. The Labute approximate surface area is 73.9 Å². The number of Topliss-reactive ketones (excluding diaryl/α,β-unsaturated/α-hetero) is 1. The SMILES string of the molecule is O=C1C[C@@H]2CSC(CP)[C@@H]2C1. The third-order valence-corrected chi connectivity index (χ3v) is 5.23. The lowest BCUT2D eigenvalue weighted by Gasteiger charge is -2.13. The molecular weight excluding hydrogens is 175 g/mol. The average molecular weight is 188 g/mol. The van der Waals surface area contributed by atoms with Crippen molar-refractivity contribution in [1.29, 1.82) is 0 Å². The highest BCUT2D eigenvalue weighted by atomic mass is 32.2. The van der Waals surface area contributed by atoms with Crippen molar-refractivity contribution < 1.29 is 4.79 Å². The molecule has 1 aliphatic heterocycles. The molecule has 2 unspecified atom stereocenters. The van der Waals surface area contributed by atoms with Gasteiger partial charge in [0, 0.05) is 18.1 Å². The molecule has 11 heavy (non-hydrogen) atoms. The Bertz CT molecular complexity index is 183. The molecule has 1 nitrogen and oxygen atoms in total. The Balaban J connectivity index is 2.07. The van der Waals surface area contributed by atoms with Crippen molar-refractivity contribution in [1.82, 2.24) is 0 Å². The molecule has 0 amide bonds. The minimum absolute atomic E-state index is 0.503. The first kappa shape index (κ1) is 8.07. The first-order valence-electron chi connectivity index (χ1n) is 4.14.